The van der Waals surface area contributed by atoms with Crippen LogP contribution in [0.1, 0.15) is 53.4 Å². The Morgan fingerprint density at radius 2 is 1.10 bits per heavy atom. The number of hydrogen-bond acceptors (Lipinski definition) is 5. The molecule has 116 valence electrons. The molecule has 0 aliphatic heterocycles. The number of carboxylic acid groups (broad SMARTS) is 2. The standard InChI is InChI=1S/C12H21O7P/c1-5-11(6-2,9(13)14)18-20(17)19-12(7-3,8-4)10(15)16/h5-8H2,1-4H3,(H-,13,14,15,16)/p+1. The normalized spacial score (nSPS) is 12.2. The van der Waals surface area contributed by atoms with Crippen LogP contribution >= 0.6 is 8.25 Å². The second-order valence-corrected chi connectivity index (χ2v) is 5.23. The summed E-state index contributed by atoms with van der Waals surface area (Å²) in [6, 6.07) is 0. The van der Waals surface area contributed by atoms with Crippen molar-refractivity contribution in [3.8, 4) is 0 Å². The third kappa shape index (κ3) is 3.98. The molecule has 0 radical (unpaired) electrons. The first-order valence-electron chi connectivity index (χ1n) is 6.55. The van der Waals surface area contributed by atoms with Crippen LogP contribution in [-0.4, -0.2) is 33.4 Å². The molecule has 0 saturated carbocycles. The topological polar surface area (TPSA) is 110 Å². The first-order chi connectivity index (χ1) is 9.23. The Morgan fingerprint density at radius 1 is 0.850 bits per heavy atom. The molecule has 0 rings (SSSR count). The van der Waals surface area contributed by atoms with Gasteiger partial charge in [0.2, 0.25) is 11.2 Å². The lowest BCUT2D eigenvalue weighted by atomic mass is 9.98. The molecule has 0 unspecified atom stereocenters. The molecule has 0 fully saturated rings. The Hall–Kier alpha value is -1.04. The smallest absolute Gasteiger partial charge is 0.479 e. The summed E-state index contributed by atoms with van der Waals surface area (Å²) in [4.78, 5) is 22.5. The van der Waals surface area contributed by atoms with Crippen molar-refractivity contribution in [2.24, 2.45) is 0 Å². The van der Waals surface area contributed by atoms with Crippen molar-refractivity contribution >= 4 is 20.2 Å². The maximum absolute atomic E-state index is 11.9. The average molecular weight is 309 g/mol. The van der Waals surface area contributed by atoms with Gasteiger partial charge in [0.15, 0.2) is 0 Å². The van der Waals surface area contributed by atoms with Gasteiger partial charge in [0.25, 0.3) is 0 Å². The van der Waals surface area contributed by atoms with Crippen LogP contribution in [-0.2, 0) is 23.2 Å². The number of aliphatic carboxylic acids is 2. The van der Waals surface area contributed by atoms with E-state index in [1.54, 1.807) is 27.7 Å². The maximum Gasteiger partial charge on any atom is 0.699 e. The molecule has 8 heteroatoms. The van der Waals surface area contributed by atoms with Crippen LogP contribution in [0.25, 0.3) is 0 Å². The van der Waals surface area contributed by atoms with Gasteiger partial charge >= 0.3 is 20.2 Å². The lowest BCUT2D eigenvalue weighted by molar-refractivity contribution is -0.160. The molecule has 0 saturated heterocycles. The first kappa shape index (κ1) is 19.0. The minimum Gasteiger partial charge on any atom is -0.479 e. The fourth-order valence-electron chi connectivity index (χ4n) is 1.75. The number of hydrogen-bond donors (Lipinski definition) is 2. The van der Waals surface area contributed by atoms with Crippen molar-refractivity contribution in [1.82, 2.24) is 0 Å². The highest BCUT2D eigenvalue weighted by Crippen LogP contribution is 2.41. The third-order valence-electron chi connectivity index (χ3n) is 3.56. The zero-order valence-electron chi connectivity index (χ0n) is 12.2. The zero-order valence-corrected chi connectivity index (χ0v) is 13.1. The second-order valence-electron chi connectivity index (χ2n) is 4.42. The van der Waals surface area contributed by atoms with Gasteiger partial charge in [-0.25, -0.2) is 9.59 Å². The Labute approximate surface area is 119 Å². The van der Waals surface area contributed by atoms with Crippen molar-refractivity contribution in [2.45, 2.75) is 64.6 Å². The molecule has 0 aliphatic rings. The molecule has 0 amide bonds. The van der Waals surface area contributed by atoms with E-state index in [0.717, 1.165) is 0 Å². The molecule has 2 N–H and O–H groups in total. The van der Waals surface area contributed by atoms with Crippen molar-refractivity contribution in [1.29, 1.82) is 0 Å². The van der Waals surface area contributed by atoms with E-state index in [0.29, 0.717) is 0 Å². The van der Waals surface area contributed by atoms with Gasteiger partial charge in [-0.15, -0.1) is 9.05 Å². The summed E-state index contributed by atoms with van der Waals surface area (Å²) in [6.07, 6.45) is 0.395. The van der Waals surface area contributed by atoms with Crippen LogP contribution in [0.3, 0.4) is 0 Å². The summed E-state index contributed by atoms with van der Waals surface area (Å²) >= 11 is 0. The van der Waals surface area contributed by atoms with Gasteiger partial charge < -0.3 is 10.2 Å². The minimum atomic E-state index is -2.86. The lowest BCUT2D eigenvalue weighted by Gasteiger charge is -2.22. The van der Waals surface area contributed by atoms with Crippen LogP contribution in [0.2, 0.25) is 0 Å². The van der Waals surface area contributed by atoms with Gasteiger partial charge in [-0.1, -0.05) is 27.7 Å². The average Bonchev–Trinajstić information content (AvgIpc) is 2.41. The van der Waals surface area contributed by atoms with E-state index in [1.807, 2.05) is 0 Å². The summed E-state index contributed by atoms with van der Waals surface area (Å²) in [7, 11) is -2.86. The molecule has 0 bridgehead atoms. The fraction of sp³-hybridized carbons (Fsp3) is 0.833. The maximum atomic E-state index is 11.9. The summed E-state index contributed by atoms with van der Waals surface area (Å²) < 4.78 is 22.0. The molecule has 0 atom stereocenters. The summed E-state index contributed by atoms with van der Waals surface area (Å²) in [6.45, 7) is 6.35. The molecule has 20 heavy (non-hydrogen) atoms. The summed E-state index contributed by atoms with van der Waals surface area (Å²) in [5.41, 5.74) is -3.25. The van der Waals surface area contributed by atoms with E-state index in [4.69, 9.17) is 19.3 Å². The second kappa shape index (κ2) is 7.67. The van der Waals surface area contributed by atoms with Crippen LogP contribution in [0.5, 0.6) is 0 Å². The molecule has 0 heterocycles. The van der Waals surface area contributed by atoms with Crippen LogP contribution in [0.15, 0.2) is 0 Å². The SMILES string of the molecule is CCC(CC)(O[P+](=O)OC(CC)(CC)C(=O)O)C(=O)O. The van der Waals surface area contributed by atoms with E-state index < -0.39 is 31.4 Å². The van der Waals surface area contributed by atoms with Gasteiger partial charge in [-0.3, -0.25) is 0 Å². The molecule has 7 nitrogen and oxygen atoms in total. The van der Waals surface area contributed by atoms with Gasteiger partial charge in [0.1, 0.15) is 0 Å². The van der Waals surface area contributed by atoms with Gasteiger partial charge in [0, 0.05) is 4.57 Å². The Kier molecular flexibility index (Phi) is 7.27. The summed E-state index contributed by atoms with van der Waals surface area (Å²) in [5, 5.41) is 18.3. The molecule has 0 spiro atoms. The molecule has 0 aromatic heterocycles. The molecule has 0 aliphatic carbocycles. The van der Waals surface area contributed by atoms with E-state index >= 15 is 0 Å². The van der Waals surface area contributed by atoms with Crippen molar-refractivity contribution in [2.75, 3.05) is 0 Å². The molecular formula is C12H22O7P+. The van der Waals surface area contributed by atoms with E-state index in [1.165, 1.54) is 0 Å². The Bertz CT molecular complexity index is 338. The van der Waals surface area contributed by atoms with Crippen LogP contribution in [0.4, 0.5) is 0 Å². The lowest BCUT2D eigenvalue weighted by Crippen LogP contribution is -2.41. The molecule has 0 aromatic rings. The predicted molar refractivity (Wildman–Crippen MR) is 71.7 cm³/mol. The van der Waals surface area contributed by atoms with Crippen molar-refractivity contribution in [3.63, 3.8) is 0 Å². The Balaban J connectivity index is 5.10. The predicted octanol–water partition coefficient (Wildman–Crippen LogP) is 2.96. The number of carboxylic acids is 2. The van der Waals surface area contributed by atoms with E-state index in [2.05, 4.69) is 0 Å². The zero-order chi connectivity index (χ0) is 16.0. The van der Waals surface area contributed by atoms with Crippen molar-refractivity contribution in [3.05, 3.63) is 0 Å². The molecular weight excluding hydrogens is 287 g/mol. The summed E-state index contributed by atoms with van der Waals surface area (Å²) in [5.74, 6) is -2.49. The van der Waals surface area contributed by atoms with Gasteiger partial charge in [0.05, 0.1) is 0 Å². The Morgan fingerprint density at radius 3 is 1.25 bits per heavy atom. The minimum absolute atomic E-state index is 0.0988. The van der Waals surface area contributed by atoms with E-state index in [9.17, 15) is 14.2 Å². The highest BCUT2D eigenvalue weighted by atomic mass is 31.1. The van der Waals surface area contributed by atoms with Gasteiger partial charge in [-0.2, -0.15) is 0 Å². The number of carbonyl (C=O) groups is 2. The highest BCUT2D eigenvalue weighted by molar-refractivity contribution is 7.33. The van der Waals surface area contributed by atoms with Crippen LogP contribution < -0.4 is 0 Å². The number of rotatable bonds is 10. The fourth-order valence-corrected chi connectivity index (χ4v) is 3.03. The quantitative estimate of drug-likeness (QED) is 0.597. The molecule has 0 aromatic carbocycles. The van der Waals surface area contributed by atoms with E-state index in [-0.39, 0.29) is 25.7 Å². The van der Waals surface area contributed by atoms with Crippen LogP contribution in [0, 0.1) is 0 Å². The highest BCUT2D eigenvalue weighted by Gasteiger charge is 2.52. The monoisotopic (exact) mass is 309 g/mol. The first-order valence-corrected chi connectivity index (χ1v) is 7.65. The third-order valence-corrected chi connectivity index (χ3v) is 4.56. The van der Waals surface area contributed by atoms with Crippen molar-refractivity contribution < 1.29 is 33.4 Å². The largest absolute Gasteiger partial charge is 0.699 e. The van der Waals surface area contributed by atoms with Gasteiger partial charge in [-0.05, 0) is 25.7 Å².